The molecule has 2 fully saturated rings. The Morgan fingerprint density at radius 1 is 1.04 bits per heavy atom. The van der Waals surface area contributed by atoms with Gasteiger partial charge in [-0.1, -0.05) is 44.7 Å². The van der Waals surface area contributed by atoms with Crippen LogP contribution in [0.15, 0.2) is 29.2 Å². The van der Waals surface area contributed by atoms with Crippen molar-refractivity contribution in [3.05, 3.63) is 29.8 Å². The van der Waals surface area contributed by atoms with Crippen molar-refractivity contribution in [2.45, 2.75) is 68.7 Å². The molecule has 1 saturated carbocycles. The van der Waals surface area contributed by atoms with Crippen LogP contribution in [0, 0.1) is 0 Å². The molecule has 27 heavy (non-hydrogen) atoms. The average Bonchev–Trinajstić information content (AvgIpc) is 2.73. The Hall–Kier alpha value is -1.40. The predicted octanol–water partition coefficient (Wildman–Crippen LogP) is 3.40. The molecule has 0 radical (unpaired) electrons. The first-order valence-corrected chi connectivity index (χ1v) is 12.0. The molecule has 5 nitrogen and oxygen atoms in total. The van der Waals surface area contributed by atoms with E-state index in [2.05, 4.69) is 10.2 Å². The van der Waals surface area contributed by atoms with Gasteiger partial charge in [0.2, 0.25) is 0 Å². The normalized spacial score (nSPS) is 20.9. The Morgan fingerprint density at radius 2 is 1.67 bits per heavy atom. The van der Waals surface area contributed by atoms with E-state index < -0.39 is 9.84 Å². The minimum atomic E-state index is -3.42. The van der Waals surface area contributed by atoms with Crippen LogP contribution in [0.5, 0.6) is 0 Å². The quantitative estimate of drug-likeness (QED) is 0.806. The third-order valence-corrected chi connectivity index (χ3v) is 8.02. The average molecular weight is 393 g/mol. The van der Waals surface area contributed by atoms with Crippen LogP contribution in [-0.4, -0.2) is 50.2 Å². The second-order valence-corrected chi connectivity index (χ2v) is 10.2. The molecule has 1 aliphatic carbocycles. The highest BCUT2D eigenvalue weighted by Gasteiger charge is 2.38. The number of benzene rings is 1. The number of hydrogen-bond donors (Lipinski definition) is 1. The lowest BCUT2D eigenvalue weighted by Gasteiger charge is -2.48. The first kappa shape index (κ1) is 20.3. The minimum absolute atomic E-state index is 0.00495. The number of nitrogens with zero attached hydrogens (tertiary/aromatic N) is 1. The zero-order valence-corrected chi connectivity index (χ0v) is 17.2. The Kier molecular flexibility index (Phi) is 6.58. The molecule has 1 heterocycles. The van der Waals surface area contributed by atoms with E-state index in [1.165, 1.54) is 44.6 Å². The molecule has 0 unspecified atom stereocenters. The van der Waals surface area contributed by atoms with Crippen LogP contribution in [0.2, 0.25) is 0 Å². The van der Waals surface area contributed by atoms with Gasteiger partial charge in [-0.15, -0.1) is 0 Å². The number of nitrogens with one attached hydrogen (secondary N) is 1. The van der Waals surface area contributed by atoms with E-state index in [-0.39, 0.29) is 27.7 Å². The molecule has 1 amide bonds. The van der Waals surface area contributed by atoms with Gasteiger partial charge in [-0.3, -0.25) is 9.69 Å². The second-order valence-electron chi connectivity index (χ2n) is 7.91. The first-order chi connectivity index (χ1) is 13.0. The van der Waals surface area contributed by atoms with Gasteiger partial charge in [-0.05, 0) is 50.9 Å². The highest BCUT2D eigenvalue weighted by molar-refractivity contribution is 7.91. The zero-order valence-electron chi connectivity index (χ0n) is 16.4. The van der Waals surface area contributed by atoms with Gasteiger partial charge in [0.25, 0.3) is 5.91 Å². The Labute approximate surface area is 163 Å². The summed E-state index contributed by atoms with van der Waals surface area (Å²) in [7, 11) is -3.42. The second kappa shape index (κ2) is 8.74. The number of rotatable bonds is 6. The Bertz CT molecular complexity index is 748. The van der Waals surface area contributed by atoms with Crippen LogP contribution in [0.1, 0.15) is 68.6 Å². The van der Waals surface area contributed by atoms with Crippen molar-refractivity contribution in [2.24, 2.45) is 0 Å². The molecule has 1 aromatic carbocycles. The SMILES string of the molecule is CCS(=O)(=O)c1ccccc1C(=O)NCC1(N2CCCCC2)CCCCC1. The fourth-order valence-corrected chi connectivity index (χ4v) is 5.70. The molecule has 0 atom stereocenters. The van der Waals surface area contributed by atoms with Crippen molar-refractivity contribution >= 4 is 15.7 Å². The van der Waals surface area contributed by atoms with E-state index in [1.54, 1.807) is 25.1 Å². The van der Waals surface area contributed by atoms with Crippen LogP contribution in [0.3, 0.4) is 0 Å². The highest BCUT2D eigenvalue weighted by Crippen LogP contribution is 2.35. The maximum atomic E-state index is 12.9. The molecule has 6 heteroatoms. The standard InChI is InChI=1S/C21H32N2O3S/c1-2-27(25,26)19-12-6-5-11-18(19)20(24)22-17-21(13-7-3-8-14-21)23-15-9-4-10-16-23/h5-6,11-12H,2-4,7-10,13-17H2,1H3,(H,22,24). The van der Waals surface area contributed by atoms with Gasteiger partial charge in [0.1, 0.15) is 0 Å². The van der Waals surface area contributed by atoms with Crippen molar-refractivity contribution in [1.82, 2.24) is 10.2 Å². The number of likely N-dealkylation sites (tertiary alicyclic amines) is 1. The van der Waals surface area contributed by atoms with Gasteiger partial charge in [0, 0.05) is 12.1 Å². The van der Waals surface area contributed by atoms with Crippen molar-refractivity contribution < 1.29 is 13.2 Å². The third kappa shape index (κ3) is 4.54. The minimum Gasteiger partial charge on any atom is -0.350 e. The van der Waals surface area contributed by atoms with E-state index in [9.17, 15) is 13.2 Å². The molecular weight excluding hydrogens is 360 g/mol. The van der Waals surface area contributed by atoms with E-state index in [0.29, 0.717) is 6.54 Å². The van der Waals surface area contributed by atoms with Crippen molar-refractivity contribution in [1.29, 1.82) is 0 Å². The highest BCUT2D eigenvalue weighted by atomic mass is 32.2. The molecule has 1 N–H and O–H groups in total. The maximum absolute atomic E-state index is 12.9. The number of amides is 1. The summed E-state index contributed by atoms with van der Waals surface area (Å²) in [6.45, 7) is 4.43. The Morgan fingerprint density at radius 3 is 2.33 bits per heavy atom. The molecule has 2 aliphatic rings. The number of piperidine rings is 1. The summed E-state index contributed by atoms with van der Waals surface area (Å²) in [5.74, 6) is -0.278. The van der Waals surface area contributed by atoms with Crippen LogP contribution in [0.4, 0.5) is 0 Å². The van der Waals surface area contributed by atoms with Gasteiger partial charge >= 0.3 is 0 Å². The molecule has 1 saturated heterocycles. The van der Waals surface area contributed by atoms with E-state index in [1.807, 2.05) is 0 Å². The van der Waals surface area contributed by atoms with Crippen molar-refractivity contribution in [3.8, 4) is 0 Å². The number of carbonyl (C=O) groups is 1. The smallest absolute Gasteiger partial charge is 0.252 e. The monoisotopic (exact) mass is 392 g/mol. The van der Waals surface area contributed by atoms with Gasteiger partial charge in [0.05, 0.1) is 16.2 Å². The maximum Gasteiger partial charge on any atom is 0.252 e. The number of carbonyl (C=O) groups excluding carboxylic acids is 1. The molecule has 0 spiro atoms. The van der Waals surface area contributed by atoms with Crippen LogP contribution in [-0.2, 0) is 9.84 Å². The Balaban J connectivity index is 1.77. The predicted molar refractivity (Wildman–Crippen MR) is 108 cm³/mol. The van der Waals surface area contributed by atoms with Gasteiger partial charge in [-0.25, -0.2) is 8.42 Å². The van der Waals surface area contributed by atoms with Crippen LogP contribution < -0.4 is 5.32 Å². The van der Waals surface area contributed by atoms with E-state index >= 15 is 0 Å². The summed E-state index contributed by atoms with van der Waals surface area (Å²) in [5, 5.41) is 3.10. The van der Waals surface area contributed by atoms with Crippen LogP contribution in [0.25, 0.3) is 0 Å². The fourth-order valence-electron chi connectivity index (χ4n) is 4.60. The summed E-state index contributed by atoms with van der Waals surface area (Å²) < 4.78 is 24.7. The molecule has 3 rings (SSSR count). The van der Waals surface area contributed by atoms with Gasteiger partial charge < -0.3 is 5.32 Å². The lowest BCUT2D eigenvalue weighted by atomic mass is 9.79. The van der Waals surface area contributed by atoms with Crippen LogP contribution >= 0.6 is 0 Å². The third-order valence-electron chi connectivity index (χ3n) is 6.24. The fraction of sp³-hybridized carbons (Fsp3) is 0.667. The molecular formula is C21H32N2O3S. The first-order valence-electron chi connectivity index (χ1n) is 10.3. The van der Waals surface area contributed by atoms with E-state index in [4.69, 9.17) is 0 Å². The van der Waals surface area contributed by atoms with Crippen molar-refractivity contribution in [3.63, 3.8) is 0 Å². The molecule has 1 aromatic rings. The summed E-state index contributed by atoms with van der Waals surface area (Å²) >= 11 is 0. The molecule has 1 aliphatic heterocycles. The number of hydrogen-bond acceptors (Lipinski definition) is 4. The summed E-state index contributed by atoms with van der Waals surface area (Å²) in [4.78, 5) is 15.6. The van der Waals surface area contributed by atoms with Gasteiger partial charge in [0.15, 0.2) is 9.84 Å². The van der Waals surface area contributed by atoms with Gasteiger partial charge in [-0.2, -0.15) is 0 Å². The lowest BCUT2D eigenvalue weighted by Crippen LogP contribution is -2.58. The molecule has 0 bridgehead atoms. The van der Waals surface area contributed by atoms with Crippen molar-refractivity contribution in [2.75, 3.05) is 25.4 Å². The molecule has 150 valence electrons. The topological polar surface area (TPSA) is 66.5 Å². The number of sulfone groups is 1. The largest absolute Gasteiger partial charge is 0.350 e. The van der Waals surface area contributed by atoms with E-state index in [0.717, 1.165) is 25.9 Å². The lowest BCUT2D eigenvalue weighted by molar-refractivity contribution is 0.0326. The molecule has 0 aromatic heterocycles. The summed E-state index contributed by atoms with van der Waals surface area (Å²) in [6.07, 6.45) is 9.65. The summed E-state index contributed by atoms with van der Waals surface area (Å²) in [6, 6.07) is 6.56. The summed E-state index contributed by atoms with van der Waals surface area (Å²) in [5.41, 5.74) is 0.302. The zero-order chi connectivity index (χ0) is 19.3.